The van der Waals surface area contributed by atoms with E-state index < -0.39 is 23.2 Å². The third-order valence-electron chi connectivity index (χ3n) is 2.06. The van der Waals surface area contributed by atoms with Gasteiger partial charge in [-0.1, -0.05) is 17.8 Å². The molecule has 0 saturated heterocycles. The molecular formula is C11H9F2N3O2S. The molecule has 0 aliphatic heterocycles. The molecule has 1 aromatic heterocycles. The van der Waals surface area contributed by atoms with Crippen LogP contribution in [-0.2, 0) is 4.79 Å². The van der Waals surface area contributed by atoms with Gasteiger partial charge in [-0.25, -0.2) is 8.78 Å². The molecule has 0 unspecified atom stereocenters. The molecule has 1 amide bonds. The van der Waals surface area contributed by atoms with E-state index in [1.165, 1.54) is 6.07 Å². The number of carbonyl (C=O) groups is 1. The molecule has 0 aliphatic carbocycles. The van der Waals surface area contributed by atoms with Crippen LogP contribution in [0.4, 0.5) is 14.5 Å². The summed E-state index contributed by atoms with van der Waals surface area (Å²) in [6.07, 6.45) is 0. The van der Waals surface area contributed by atoms with Crippen molar-refractivity contribution in [2.24, 2.45) is 0 Å². The highest BCUT2D eigenvalue weighted by atomic mass is 32.2. The summed E-state index contributed by atoms with van der Waals surface area (Å²) in [6.45, 7) is 1.62. The van der Waals surface area contributed by atoms with Crippen LogP contribution in [0.3, 0.4) is 0 Å². The lowest BCUT2D eigenvalue weighted by atomic mass is 10.3. The zero-order chi connectivity index (χ0) is 13.8. The average Bonchev–Trinajstić information content (AvgIpc) is 2.77. The van der Waals surface area contributed by atoms with E-state index in [2.05, 4.69) is 15.5 Å². The number of rotatable bonds is 4. The summed E-state index contributed by atoms with van der Waals surface area (Å²) in [7, 11) is 0. The lowest BCUT2D eigenvalue weighted by molar-refractivity contribution is -0.113. The zero-order valence-electron chi connectivity index (χ0n) is 9.81. The topological polar surface area (TPSA) is 68.0 Å². The molecule has 0 fully saturated rings. The minimum Gasteiger partial charge on any atom is -0.416 e. The number of aryl methyl sites for hydroxylation is 1. The second kappa shape index (κ2) is 5.79. The van der Waals surface area contributed by atoms with E-state index in [9.17, 15) is 13.6 Å². The van der Waals surface area contributed by atoms with Crippen LogP contribution in [0.2, 0.25) is 0 Å². The fourth-order valence-electron chi connectivity index (χ4n) is 1.26. The van der Waals surface area contributed by atoms with Crippen molar-refractivity contribution in [3.63, 3.8) is 0 Å². The molecule has 0 radical (unpaired) electrons. The van der Waals surface area contributed by atoms with Gasteiger partial charge in [0, 0.05) is 6.92 Å². The molecule has 2 rings (SSSR count). The average molecular weight is 285 g/mol. The molecule has 100 valence electrons. The molecule has 0 saturated carbocycles. The van der Waals surface area contributed by atoms with Crippen LogP contribution in [0.25, 0.3) is 0 Å². The van der Waals surface area contributed by atoms with E-state index >= 15 is 0 Å². The SMILES string of the molecule is Cc1nnc(SCC(=O)Nc2c(F)cccc2F)o1. The molecular weight excluding hydrogens is 276 g/mol. The zero-order valence-corrected chi connectivity index (χ0v) is 10.6. The summed E-state index contributed by atoms with van der Waals surface area (Å²) in [5.41, 5.74) is -0.463. The van der Waals surface area contributed by atoms with Gasteiger partial charge in [0.2, 0.25) is 11.8 Å². The number of hydrogen-bond acceptors (Lipinski definition) is 5. The van der Waals surface area contributed by atoms with Gasteiger partial charge in [0.05, 0.1) is 5.75 Å². The smallest absolute Gasteiger partial charge is 0.277 e. The number of halogens is 2. The Bertz CT molecular complexity index is 583. The molecule has 1 N–H and O–H groups in total. The number of amides is 1. The maximum Gasteiger partial charge on any atom is 0.277 e. The first-order chi connectivity index (χ1) is 9.06. The van der Waals surface area contributed by atoms with Gasteiger partial charge in [0.25, 0.3) is 5.22 Å². The summed E-state index contributed by atoms with van der Waals surface area (Å²) in [4.78, 5) is 11.5. The van der Waals surface area contributed by atoms with Gasteiger partial charge >= 0.3 is 0 Å². The van der Waals surface area contributed by atoms with Crippen molar-refractivity contribution in [3.05, 3.63) is 35.7 Å². The maximum absolute atomic E-state index is 13.3. The largest absolute Gasteiger partial charge is 0.416 e. The lowest BCUT2D eigenvalue weighted by Gasteiger charge is -2.06. The van der Waals surface area contributed by atoms with Crippen LogP contribution >= 0.6 is 11.8 Å². The standard InChI is InChI=1S/C11H9F2N3O2S/c1-6-15-16-11(18-6)19-5-9(17)14-10-7(12)3-2-4-8(10)13/h2-4H,5H2,1H3,(H,14,17). The highest BCUT2D eigenvalue weighted by Crippen LogP contribution is 2.20. The molecule has 0 aliphatic rings. The van der Waals surface area contributed by atoms with Crippen molar-refractivity contribution in [1.29, 1.82) is 0 Å². The molecule has 1 aromatic carbocycles. The third-order valence-corrected chi connectivity index (χ3v) is 2.88. The Morgan fingerprint density at radius 1 is 1.37 bits per heavy atom. The van der Waals surface area contributed by atoms with Gasteiger partial charge < -0.3 is 9.73 Å². The Morgan fingerprint density at radius 3 is 2.63 bits per heavy atom. The van der Waals surface area contributed by atoms with Crippen LogP contribution in [0, 0.1) is 18.6 Å². The Hall–Kier alpha value is -1.96. The fourth-order valence-corrected chi connectivity index (χ4v) is 1.86. The van der Waals surface area contributed by atoms with Crippen LogP contribution in [0.1, 0.15) is 5.89 Å². The minimum absolute atomic E-state index is 0.0879. The number of aromatic nitrogens is 2. The highest BCUT2D eigenvalue weighted by Gasteiger charge is 2.13. The minimum atomic E-state index is -0.827. The maximum atomic E-state index is 13.3. The molecule has 19 heavy (non-hydrogen) atoms. The van der Waals surface area contributed by atoms with Gasteiger partial charge in [0.1, 0.15) is 17.3 Å². The Morgan fingerprint density at radius 2 is 2.05 bits per heavy atom. The Labute approximate surface area is 111 Å². The third kappa shape index (κ3) is 3.50. The van der Waals surface area contributed by atoms with Crippen molar-refractivity contribution >= 4 is 23.4 Å². The van der Waals surface area contributed by atoms with Crippen LogP contribution in [0.5, 0.6) is 0 Å². The van der Waals surface area contributed by atoms with Crippen LogP contribution < -0.4 is 5.32 Å². The van der Waals surface area contributed by atoms with Crippen molar-refractivity contribution in [3.8, 4) is 0 Å². The molecule has 8 heteroatoms. The first kappa shape index (κ1) is 13.5. The second-order valence-corrected chi connectivity index (χ2v) is 4.45. The highest BCUT2D eigenvalue weighted by molar-refractivity contribution is 7.99. The number of para-hydroxylation sites is 1. The van der Waals surface area contributed by atoms with E-state index in [0.717, 1.165) is 23.9 Å². The number of anilines is 1. The molecule has 2 aromatic rings. The van der Waals surface area contributed by atoms with Crippen LogP contribution in [-0.4, -0.2) is 21.9 Å². The predicted molar refractivity (Wildman–Crippen MR) is 64.7 cm³/mol. The van der Waals surface area contributed by atoms with Crippen LogP contribution in [0.15, 0.2) is 27.8 Å². The molecule has 5 nitrogen and oxygen atoms in total. The van der Waals surface area contributed by atoms with E-state index in [-0.39, 0.29) is 11.0 Å². The Kier molecular flexibility index (Phi) is 4.10. The molecule has 0 bridgehead atoms. The van der Waals surface area contributed by atoms with E-state index in [1.807, 2.05) is 0 Å². The summed E-state index contributed by atoms with van der Waals surface area (Å²) in [5, 5.41) is 9.65. The number of carbonyl (C=O) groups excluding carboxylic acids is 1. The normalized spacial score (nSPS) is 10.5. The quantitative estimate of drug-likeness (QED) is 0.874. The first-order valence-electron chi connectivity index (χ1n) is 5.23. The second-order valence-electron chi connectivity index (χ2n) is 3.52. The summed E-state index contributed by atoms with van der Waals surface area (Å²) in [6, 6.07) is 3.34. The monoisotopic (exact) mass is 285 g/mol. The van der Waals surface area contributed by atoms with E-state index in [0.29, 0.717) is 5.89 Å². The fraction of sp³-hybridized carbons (Fsp3) is 0.182. The van der Waals surface area contributed by atoms with Gasteiger partial charge in [-0.15, -0.1) is 10.2 Å². The van der Waals surface area contributed by atoms with Gasteiger partial charge in [-0.2, -0.15) is 0 Å². The summed E-state index contributed by atoms with van der Waals surface area (Å²) >= 11 is 0.983. The van der Waals surface area contributed by atoms with Crippen molar-refractivity contribution in [2.75, 3.05) is 11.1 Å². The molecule has 0 spiro atoms. The number of nitrogens with zero attached hydrogens (tertiary/aromatic N) is 2. The predicted octanol–water partition coefficient (Wildman–Crippen LogP) is 2.39. The van der Waals surface area contributed by atoms with Crippen molar-refractivity contribution in [1.82, 2.24) is 10.2 Å². The summed E-state index contributed by atoms with van der Waals surface area (Å²) in [5.74, 6) is -1.93. The number of nitrogens with one attached hydrogen (secondary N) is 1. The first-order valence-corrected chi connectivity index (χ1v) is 6.21. The van der Waals surface area contributed by atoms with E-state index in [1.54, 1.807) is 6.92 Å². The van der Waals surface area contributed by atoms with Crippen molar-refractivity contribution < 1.29 is 18.0 Å². The molecule has 0 atom stereocenters. The summed E-state index contributed by atoms with van der Waals surface area (Å²) < 4.78 is 31.6. The van der Waals surface area contributed by atoms with Gasteiger partial charge in [0.15, 0.2) is 0 Å². The van der Waals surface area contributed by atoms with Gasteiger partial charge in [-0.05, 0) is 12.1 Å². The molecule has 1 heterocycles. The van der Waals surface area contributed by atoms with Gasteiger partial charge in [-0.3, -0.25) is 4.79 Å². The Balaban J connectivity index is 1.94. The number of thioether (sulfide) groups is 1. The van der Waals surface area contributed by atoms with Crippen molar-refractivity contribution in [2.45, 2.75) is 12.1 Å². The number of hydrogen-bond donors (Lipinski definition) is 1. The van der Waals surface area contributed by atoms with E-state index in [4.69, 9.17) is 4.42 Å². The lowest BCUT2D eigenvalue weighted by Crippen LogP contribution is -2.16. The number of benzene rings is 1.